The van der Waals surface area contributed by atoms with Crippen LogP contribution in [0.2, 0.25) is 0 Å². The molecule has 2 heterocycles. The lowest BCUT2D eigenvalue weighted by molar-refractivity contribution is -0.384. The summed E-state index contributed by atoms with van der Waals surface area (Å²) in [7, 11) is 1.21. The van der Waals surface area contributed by atoms with Gasteiger partial charge in [0.2, 0.25) is 5.82 Å². The Labute approximate surface area is 121 Å². The molecule has 8 heteroatoms. The van der Waals surface area contributed by atoms with E-state index in [0.717, 1.165) is 19.4 Å². The molecule has 1 aliphatic rings. The molecule has 1 saturated heterocycles. The van der Waals surface area contributed by atoms with E-state index in [1.807, 2.05) is 0 Å². The molecule has 0 bridgehead atoms. The Morgan fingerprint density at radius 3 is 3.10 bits per heavy atom. The number of anilines is 1. The van der Waals surface area contributed by atoms with Crippen molar-refractivity contribution < 1.29 is 19.2 Å². The van der Waals surface area contributed by atoms with E-state index in [2.05, 4.69) is 15.0 Å². The molecule has 8 nitrogen and oxygen atoms in total. The summed E-state index contributed by atoms with van der Waals surface area (Å²) in [5.74, 6) is -0.198. The van der Waals surface area contributed by atoms with Crippen LogP contribution in [-0.4, -0.2) is 42.7 Å². The Morgan fingerprint density at radius 1 is 1.67 bits per heavy atom. The highest BCUT2D eigenvalue weighted by Crippen LogP contribution is 2.24. The topological polar surface area (TPSA) is 104 Å². The molecule has 0 aliphatic carbocycles. The molecule has 1 aromatic heterocycles. The molecule has 0 saturated carbocycles. The number of ether oxygens (including phenoxy) is 2. The van der Waals surface area contributed by atoms with Gasteiger partial charge in [-0.25, -0.2) is 9.78 Å². The number of esters is 1. The summed E-state index contributed by atoms with van der Waals surface area (Å²) in [5.41, 5.74) is -0.189. The lowest BCUT2D eigenvalue weighted by atomic mass is 10.0. The smallest absolute Gasteiger partial charge is 0.339 e. The Balaban J connectivity index is 2.10. The van der Waals surface area contributed by atoms with Gasteiger partial charge in [0.1, 0.15) is 0 Å². The number of pyridine rings is 1. The molecule has 1 N–H and O–H groups in total. The average molecular weight is 295 g/mol. The summed E-state index contributed by atoms with van der Waals surface area (Å²) in [5, 5.41) is 14.0. The zero-order chi connectivity index (χ0) is 15.2. The van der Waals surface area contributed by atoms with Crippen LogP contribution in [-0.2, 0) is 9.47 Å². The maximum Gasteiger partial charge on any atom is 0.339 e. The standard InChI is InChI=1S/C13H17N3O5/c1-20-13(17)10-5-11(16(18)19)12(15-7-10)14-6-9-3-2-4-21-8-9/h5,7,9H,2-4,6,8H2,1H3,(H,14,15). The van der Waals surface area contributed by atoms with Gasteiger partial charge in [0, 0.05) is 25.4 Å². The Morgan fingerprint density at radius 2 is 2.48 bits per heavy atom. The third kappa shape index (κ3) is 3.88. The zero-order valence-corrected chi connectivity index (χ0v) is 11.7. The van der Waals surface area contributed by atoms with Gasteiger partial charge in [0.25, 0.3) is 0 Å². The van der Waals surface area contributed by atoms with Gasteiger partial charge in [0.05, 0.1) is 24.2 Å². The number of aromatic nitrogens is 1. The van der Waals surface area contributed by atoms with Crippen LogP contribution in [0.3, 0.4) is 0 Å². The molecule has 0 amide bonds. The zero-order valence-electron chi connectivity index (χ0n) is 11.7. The van der Waals surface area contributed by atoms with Gasteiger partial charge in [-0.15, -0.1) is 0 Å². The highest BCUT2D eigenvalue weighted by Gasteiger charge is 2.21. The van der Waals surface area contributed by atoms with E-state index in [-0.39, 0.29) is 17.1 Å². The molecular weight excluding hydrogens is 278 g/mol. The van der Waals surface area contributed by atoms with Crippen molar-refractivity contribution in [1.29, 1.82) is 0 Å². The SMILES string of the molecule is COC(=O)c1cnc(NCC2CCCOC2)c([N+](=O)[O-])c1. The van der Waals surface area contributed by atoms with E-state index in [1.54, 1.807) is 0 Å². The Kier molecular flexibility index (Phi) is 5.04. The number of nitrogens with zero attached hydrogens (tertiary/aromatic N) is 2. The van der Waals surface area contributed by atoms with E-state index in [1.165, 1.54) is 19.4 Å². The third-order valence-electron chi connectivity index (χ3n) is 3.30. The number of hydrogen-bond donors (Lipinski definition) is 1. The molecule has 114 valence electrons. The monoisotopic (exact) mass is 295 g/mol. The van der Waals surface area contributed by atoms with Crippen LogP contribution in [0.25, 0.3) is 0 Å². The van der Waals surface area contributed by atoms with Gasteiger partial charge in [0.15, 0.2) is 0 Å². The second kappa shape index (κ2) is 6.98. The van der Waals surface area contributed by atoms with Crippen molar-refractivity contribution in [3.8, 4) is 0 Å². The van der Waals surface area contributed by atoms with Crippen LogP contribution < -0.4 is 5.32 Å². The van der Waals surface area contributed by atoms with Crippen molar-refractivity contribution in [1.82, 2.24) is 4.98 Å². The molecule has 0 spiro atoms. The fourth-order valence-corrected chi connectivity index (χ4v) is 2.17. The number of nitro groups is 1. The highest BCUT2D eigenvalue weighted by molar-refractivity contribution is 5.90. The first kappa shape index (κ1) is 15.2. The lowest BCUT2D eigenvalue weighted by Crippen LogP contribution is -2.24. The van der Waals surface area contributed by atoms with Gasteiger partial charge in [-0.1, -0.05) is 0 Å². The van der Waals surface area contributed by atoms with Gasteiger partial charge >= 0.3 is 11.7 Å². The van der Waals surface area contributed by atoms with Crippen molar-refractivity contribution in [3.63, 3.8) is 0 Å². The van der Waals surface area contributed by atoms with Gasteiger partial charge < -0.3 is 14.8 Å². The van der Waals surface area contributed by atoms with Crippen molar-refractivity contribution >= 4 is 17.5 Å². The van der Waals surface area contributed by atoms with Crippen molar-refractivity contribution in [2.45, 2.75) is 12.8 Å². The highest BCUT2D eigenvalue weighted by atomic mass is 16.6. The molecule has 1 atom stereocenters. The summed E-state index contributed by atoms with van der Waals surface area (Å²) in [6, 6.07) is 1.17. The first-order chi connectivity index (χ1) is 10.1. The fourth-order valence-electron chi connectivity index (χ4n) is 2.17. The predicted octanol–water partition coefficient (Wildman–Crippen LogP) is 1.61. The van der Waals surface area contributed by atoms with Crippen LogP contribution >= 0.6 is 0 Å². The largest absolute Gasteiger partial charge is 0.465 e. The quantitative estimate of drug-likeness (QED) is 0.500. The molecule has 1 unspecified atom stereocenters. The summed E-state index contributed by atoms with van der Waals surface area (Å²) < 4.78 is 9.89. The van der Waals surface area contributed by atoms with Crippen molar-refractivity contribution in [2.24, 2.45) is 5.92 Å². The second-order valence-electron chi connectivity index (χ2n) is 4.80. The number of carbonyl (C=O) groups is 1. The van der Waals surface area contributed by atoms with Crippen LogP contribution in [0.1, 0.15) is 23.2 Å². The van der Waals surface area contributed by atoms with Crippen LogP contribution in [0.15, 0.2) is 12.3 Å². The third-order valence-corrected chi connectivity index (χ3v) is 3.30. The number of hydrogen-bond acceptors (Lipinski definition) is 7. The first-order valence-corrected chi connectivity index (χ1v) is 6.66. The predicted molar refractivity (Wildman–Crippen MR) is 74.3 cm³/mol. The molecule has 1 aliphatic heterocycles. The maximum absolute atomic E-state index is 11.4. The van der Waals surface area contributed by atoms with Gasteiger partial charge in [-0.2, -0.15) is 0 Å². The Hall–Kier alpha value is -2.22. The molecule has 0 radical (unpaired) electrons. The Bertz CT molecular complexity index is 529. The molecule has 2 rings (SSSR count). The number of rotatable bonds is 5. The minimum Gasteiger partial charge on any atom is -0.465 e. The summed E-state index contributed by atoms with van der Waals surface area (Å²) in [4.78, 5) is 25.9. The molecule has 0 aromatic carbocycles. The van der Waals surface area contributed by atoms with Crippen molar-refractivity contribution in [3.05, 3.63) is 27.9 Å². The number of methoxy groups -OCH3 is 1. The van der Waals surface area contributed by atoms with Crippen molar-refractivity contribution in [2.75, 3.05) is 32.2 Å². The van der Waals surface area contributed by atoms with Crippen LogP contribution in [0.5, 0.6) is 0 Å². The van der Waals surface area contributed by atoms with Crippen LogP contribution in [0, 0.1) is 16.0 Å². The summed E-state index contributed by atoms with van der Waals surface area (Å²) in [6.07, 6.45) is 3.27. The average Bonchev–Trinajstić information content (AvgIpc) is 2.52. The second-order valence-corrected chi connectivity index (χ2v) is 4.80. The molecule has 21 heavy (non-hydrogen) atoms. The minimum atomic E-state index is -0.655. The summed E-state index contributed by atoms with van der Waals surface area (Å²) in [6.45, 7) is 1.95. The lowest BCUT2D eigenvalue weighted by Gasteiger charge is -2.22. The molecule has 1 aromatic rings. The van der Waals surface area contributed by atoms with E-state index in [0.29, 0.717) is 19.1 Å². The van der Waals surface area contributed by atoms with E-state index >= 15 is 0 Å². The fraction of sp³-hybridized carbons (Fsp3) is 0.538. The molecule has 1 fully saturated rings. The maximum atomic E-state index is 11.4. The number of nitrogens with one attached hydrogen (secondary N) is 1. The van der Waals surface area contributed by atoms with Gasteiger partial charge in [-0.3, -0.25) is 10.1 Å². The summed E-state index contributed by atoms with van der Waals surface area (Å²) >= 11 is 0. The number of carbonyl (C=O) groups excluding carboxylic acids is 1. The first-order valence-electron chi connectivity index (χ1n) is 6.66. The van der Waals surface area contributed by atoms with Crippen LogP contribution in [0.4, 0.5) is 11.5 Å². The van der Waals surface area contributed by atoms with E-state index in [9.17, 15) is 14.9 Å². The molecular formula is C13H17N3O5. The van der Waals surface area contributed by atoms with Gasteiger partial charge in [-0.05, 0) is 18.8 Å². The normalized spacial score (nSPS) is 18.0. The van der Waals surface area contributed by atoms with E-state index < -0.39 is 10.9 Å². The van der Waals surface area contributed by atoms with E-state index in [4.69, 9.17) is 4.74 Å². The minimum absolute atomic E-state index is 0.0516.